The van der Waals surface area contributed by atoms with Gasteiger partial charge in [-0.15, -0.1) is 5.10 Å². The lowest BCUT2D eigenvalue weighted by Crippen LogP contribution is -2.31. The van der Waals surface area contributed by atoms with Gasteiger partial charge < -0.3 is 18.9 Å². The Bertz CT molecular complexity index is 1360. The molecule has 0 unspecified atom stereocenters. The summed E-state index contributed by atoms with van der Waals surface area (Å²) in [7, 11) is 6.07. The number of aromatic nitrogens is 4. The highest BCUT2D eigenvalue weighted by molar-refractivity contribution is 6.07. The van der Waals surface area contributed by atoms with Crippen molar-refractivity contribution < 1.29 is 23.7 Å². The monoisotopic (exact) mass is 477 g/mol. The molecule has 0 bridgehead atoms. The first-order chi connectivity index (χ1) is 16.9. The molecular weight excluding hydrogens is 450 g/mol. The third-order valence-corrected chi connectivity index (χ3v) is 5.49. The molecule has 4 rings (SSSR count). The molecule has 0 spiro atoms. The average molecular weight is 478 g/mol. The number of methoxy groups -OCH3 is 4. The molecule has 0 fully saturated rings. The predicted octanol–water partition coefficient (Wildman–Crippen LogP) is 3.62. The van der Waals surface area contributed by atoms with Crippen molar-refractivity contribution in [2.24, 2.45) is 0 Å². The Morgan fingerprint density at radius 1 is 0.886 bits per heavy atom. The lowest BCUT2D eigenvalue weighted by Gasteiger charge is -2.24. The molecular formula is C25H27N5O5. The second kappa shape index (κ2) is 9.88. The van der Waals surface area contributed by atoms with E-state index in [1.165, 1.54) is 21.3 Å². The van der Waals surface area contributed by atoms with E-state index < -0.39 is 0 Å². The lowest BCUT2D eigenvalue weighted by atomic mass is 10.1. The zero-order valence-corrected chi connectivity index (χ0v) is 20.5. The number of benzene rings is 2. The Hall–Kier alpha value is -4.34. The molecule has 0 saturated heterocycles. The Morgan fingerprint density at radius 2 is 1.54 bits per heavy atom. The molecule has 1 amide bonds. The maximum absolute atomic E-state index is 13.9. The van der Waals surface area contributed by atoms with Gasteiger partial charge in [-0.3, -0.25) is 9.69 Å². The lowest BCUT2D eigenvalue weighted by molar-refractivity contribution is 0.0983. The Morgan fingerprint density at radius 3 is 2.17 bits per heavy atom. The second-order valence-electron chi connectivity index (χ2n) is 7.76. The van der Waals surface area contributed by atoms with Crippen molar-refractivity contribution in [1.29, 1.82) is 0 Å². The highest BCUT2D eigenvalue weighted by Crippen LogP contribution is 2.39. The summed E-state index contributed by atoms with van der Waals surface area (Å²) in [5.74, 6) is 2.24. The minimum atomic E-state index is -0.325. The van der Waals surface area contributed by atoms with Crippen LogP contribution in [-0.2, 0) is 6.54 Å². The van der Waals surface area contributed by atoms with E-state index in [-0.39, 0.29) is 12.5 Å². The van der Waals surface area contributed by atoms with Crippen molar-refractivity contribution in [3.63, 3.8) is 0 Å². The van der Waals surface area contributed by atoms with Crippen molar-refractivity contribution >= 4 is 17.4 Å². The maximum atomic E-state index is 13.9. The van der Waals surface area contributed by atoms with E-state index in [1.807, 2.05) is 32.0 Å². The van der Waals surface area contributed by atoms with Crippen LogP contribution in [0, 0.1) is 13.8 Å². The Balaban J connectivity index is 1.83. The van der Waals surface area contributed by atoms with Gasteiger partial charge in [-0.2, -0.15) is 4.98 Å². The van der Waals surface area contributed by atoms with Crippen LogP contribution in [0.15, 0.2) is 42.5 Å². The molecule has 0 aliphatic heterocycles. The highest BCUT2D eigenvalue weighted by atomic mass is 16.5. The summed E-state index contributed by atoms with van der Waals surface area (Å²) in [6, 6.07) is 12.4. The molecule has 0 N–H and O–H groups in total. The molecule has 35 heavy (non-hydrogen) atoms. The number of carbonyl (C=O) groups excluding carboxylic acids is 1. The van der Waals surface area contributed by atoms with Crippen LogP contribution in [0.1, 0.15) is 27.6 Å². The summed E-state index contributed by atoms with van der Waals surface area (Å²) in [5, 5.41) is 4.58. The Labute approximate surface area is 203 Å². The van der Waals surface area contributed by atoms with E-state index in [2.05, 4.69) is 15.1 Å². The van der Waals surface area contributed by atoms with Crippen molar-refractivity contribution in [1.82, 2.24) is 19.6 Å². The molecule has 4 aromatic rings. The highest BCUT2D eigenvalue weighted by Gasteiger charge is 2.26. The molecule has 2 aromatic heterocycles. The molecule has 2 aromatic carbocycles. The predicted molar refractivity (Wildman–Crippen MR) is 130 cm³/mol. The summed E-state index contributed by atoms with van der Waals surface area (Å²) < 4.78 is 23.5. The van der Waals surface area contributed by atoms with Crippen molar-refractivity contribution in [3.8, 4) is 23.0 Å². The third kappa shape index (κ3) is 4.54. The number of carbonyl (C=O) groups is 1. The molecule has 0 aliphatic carbocycles. The molecule has 2 heterocycles. The van der Waals surface area contributed by atoms with Crippen LogP contribution in [0.4, 0.5) is 5.69 Å². The average Bonchev–Trinajstić information content (AvgIpc) is 3.28. The number of nitrogens with zero attached hydrogens (tertiary/aromatic N) is 5. The number of ether oxygens (including phenoxy) is 4. The number of para-hydroxylation sites is 2. The molecule has 0 saturated carbocycles. The van der Waals surface area contributed by atoms with Crippen LogP contribution in [-0.4, -0.2) is 53.9 Å². The van der Waals surface area contributed by atoms with Crippen molar-refractivity contribution in [2.75, 3.05) is 33.3 Å². The SMILES string of the molecule is COc1ccccc1N(Cc1nc2nc(C)cc(C)n2n1)C(=O)c1cc(OC)c(OC)c(OC)c1. The van der Waals surface area contributed by atoms with Gasteiger partial charge in [0, 0.05) is 17.0 Å². The number of amides is 1. The molecule has 0 aliphatic rings. The summed E-state index contributed by atoms with van der Waals surface area (Å²) in [4.78, 5) is 24.5. The standard InChI is InChI=1S/C25H27N5O5/c1-15-11-16(2)30-25(26-15)27-22(28-30)14-29(18-9-7-8-10-19(18)32-3)24(31)17-12-20(33-4)23(35-6)21(13-17)34-5/h7-13H,14H2,1-6H3. The molecule has 182 valence electrons. The number of fused-ring (bicyclic) bond motifs is 1. The number of hydrogen-bond donors (Lipinski definition) is 0. The van der Waals surface area contributed by atoms with Gasteiger partial charge in [0.15, 0.2) is 17.3 Å². The van der Waals surface area contributed by atoms with Crippen molar-refractivity contribution in [2.45, 2.75) is 20.4 Å². The van der Waals surface area contributed by atoms with Crippen LogP contribution >= 0.6 is 0 Å². The fourth-order valence-corrected chi connectivity index (χ4v) is 3.90. The number of anilines is 1. The number of aryl methyl sites for hydroxylation is 2. The van der Waals surface area contributed by atoms with Crippen molar-refractivity contribution in [3.05, 3.63) is 65.2 Å². The van der Waals surface area contributed by atoms with Gasteiger partial charge in [0.2, 0.25) is 5.75 Å². The van der Waals surface area contributed by atoms with Crippen LogP contribution in [0.3, 0.4) is 0 Å². The van der Waals surface area contributed by atoms with Crippen LogP contribution in [0.25, 0.3) is 5.78 Å². The van der Waals surface area contributed by atoms with Gasteiger partial charge in [0.05, 0.1) is 40.7 Å². The first kappa shape index (κ1) is 23.8. The van der Waals surface area contributed by atoms with Crippen LogP contribution in [0.2, 0.25) is 0 Å². The zero-order chi connectivity index (χ0) is 25.1. The number of hydrogen-bond acceptors (Lipinski definition) is 8. The van der Waals surface area contributed by atoms with E-state index in [1.54, 1.807) is 40.8 Å². The third-order valence-electron chi connectivity index (χ3n) is 5.49. The summed E-state index contributed by atoms with van der Waals surface area (Å²) in [5.41, 5.74) is 2.63. The quantitative estimate of drug-likeness (QED) is 0.379. The second-order valence-corrected chi connectivity index (χ2v) is 7.76. The fraction of sp³-hybridized carbons (Fsp3) is 0.280. The van der Waals surface area contributed by atoms with Crippen LogP contribution in [0.5, 0.6) is 23.0 Å². The van der Waals surface area contributed by atoms with E-state index >= 15 is 0 Å². The molecule has 0 atom stereocenters. The summed E-state index contributed by atoms with van der Waals surface area (Å²) in [6.45, 7) is 3.91. The largest absolute Gasteiger partial charge is 0.495 e. The smallest absolute Gasteiger partial charge is 0.259 e. The molecule has 10 heteroatoms. The van der Waals surface area contributed by atoms with Gasteiger partial charge in [0.25, 0.3) is 11.7 Å². The summed E-state index contributed by atoms with van der Waals surface area (Å²) >= 11 is 0. The van der Waals surface area contributed by atoms with Crippen LogP contribution < -0.4 is 23.8 Å². The van der Waals surface area contributed by atoms with Gasteiger partial charge in [0.1, 0.15) is 5.75 Å². The van der Waals surface area contributed by atoms with Gasteiger partial charge in [-0.1, -0.05) is 12.1 Å². The van der Waals surface area contributed by atoms with E-state index in [0.717, 1.165) is 11.4 Å². The summed E-state index contributed by atoms with van der Waals surface area (Å²) in [6.07, 6.45) is 0. The van der Waals surface area contributed by atoms with E-state index in [0.29, 0.717) is 45.9 Å². The molecule has 0 radical (unpaired) electrons. The first-order valence-corrected chi connectivity index (χ1v) is 10.8. The normalized spacial score (nSPS) is 10.8. The van der Waals surface area contributed by atoms with Gasteiger partial charge in [-0.25, -0.2) is 9.50 Å². The molecule has 10 nitrogen and oxygen atoms in total. The number of rotatable bonds is 8. The maximum Gasteiger partial charge on any atom is 0.259 e. The topological polar surface area (TPSA) is 100 Å². The van der Waals surface area contributed by atoms with Gasteiger partial charge in [-0.05, 0) is 44.2 Å². The fourth-order valence-electron chi connectivity index (χ4n) is 3.90. The van der Waals surface area contributed by atoms with E-state index in [9.17, 15) is 4.79 Å². The minimum absolute atomic E-state index is 0.0811. The van der Waals surface area contributed by atoms with Gasteiger partial charge >= 0.3 is 0 Å². The van der Waals surface area contributed by atoms with E-state index in [4.69, 9.17) is 18.9 Å². The zero-order valence-electron chi connectivity index (χ0n) is 20.5. The Kier molecular flexibility index (Phi) is 6.72. The minimum Gasteiger partial charge on any atom is -0.495 e. The first-order valence-electron chi connectivity index (χ1n) is 10.8.